The molecule has 0 aliphatic carbocycles. The third kappa shape index (κ3) is 1.53. The lowest BCUT2D eigenvalue weighted by molar-refractivity contribution is 0.792. The number of hydrogen-bond acceptors (Lipinski definition) is 6. The van der Waals surface area contributed by atoms with Gasteiger partial charge in [-0.05, 0) is 18.4 Å². The molecular formula is C7H8N6S. The van der Waals surface area contributed by atoms with Crippen molar-refractivity contribution in [3.63, 3.8) is 0 Å². The predicted molar refractivity (Wildman–Crippen MR) is 53.1 cm³/mol. The Bertz CT molecular complexity index is 425. The fraction of sp³-hybridized carbons (Fsp3) is 0.143. The number of anilines is 1. The molecule has 0 aliphatic heterocycles. The van der Waals surface area contributed by atoms with Crippen LogP contribution in [0.1, 0.15) is 0 Å². The molecule has 0 atom stereocenters. The van der Waals surface area contributed by atoms with E-state index in [2.05, 4.69) is 20.3 Å². The molecular weight excluding hydrogens is 200 g/mol. The van der Waals surface area contributed by atoms with Crippen LogP contribution in [0.4, 0.5) is 5.95 Å². The molecule has 2 aromatic rings. The highest BCUT2D eigenvalue weighted by molar-refractivity contribution is 7.98. The van der Waals surface area contributed by atoms with E-state index in [1.807, 2.05) is 6.26 Å². The van der Waals surface area contributed by atoms with Crippen molar-refractivity contribution in [3.05, 3.63) is 18.3 Å². The van der Waals surface area contributed by atoms with E-state index in [4.69, 9.17) is 5.73 Å². The van der Waals surface area contributed by atoms with E-state index in [1.54, 1.807) is 18.3 Å². The van der Waals surface area contributed by atoms with Crippen molar-refractivity contribution in [1.82, 2.24) is 25.0 Å². The molecule has 0 bridgehead atoms. The van der Waals surface area contributed by atoms with Crippen molar-refractivity contribution in [2.45, 2.75) is 5.16 Å². The molecule has 0 unspecified atom stereocenters. The second-order valence-electron chi connectivity index (χ2n) is 2.45. The van der Waals surface area contributed by atoms with Gasteiger partial charge in [0.05, 0.1) is 0 Å². The molecule has 2 rings (SSSR count). The fourth-order valence-corrected chi connectivity index (χ4v) is 1.31. The van der Waals surface area contributed by atoms with Gasteiger partial charge < -0.3 is 5.73 Å². The highest BCUT2D eigenvalue weighted by Gasteiger charge is 2.08. The van der Waals surface area contributed by atoms with Gasteiger partial charge in [0.2, 0.25) is 11.1 Å². The van der Waals surface area contributed by atoms with Crippen LogP contribution in [0.15, 0.2) is 23.5 Å². The summed E-state index contributed by atoms with van der Waals surface area (Å²) in [4.78, 5) is 4.03. The molecule has 0 fully saturated rings. The average Bonchev–Trinajstić information content (AvgIpc) is 2.61. The number of hydrogen-bond donors (Lipinski definition) is 1. The molecule has 2 aromatic heterocycles. The molecule has 14 heavy (non-hydrogen) atoms. The monoisotopic (exact) mass is 208 g/mol. The van der Waals surface area contributed by atoms with Crippen LogP contribution in [0.25, 0.3) is 5.82 Å². The fourth-order valence-electron chi connectivity index (χ4n) is 0.966. The molecule has 0 amide bonds. The van der Waals surface area contributed by atoms with Crippen LogP contribution in [0, 0.1) is 0 Å². The Labute approximate surface area is 84.6 Å². The van der Waals surface area contributed by atoms with Crippen LogP contribution < -0.4 is 5.73 Å². The first-order chi connectivity index (χ1) is 6.81. The van der Waals surface area contributed by atoms with E-state index in [0.717, 1.165) is 0 Å². The minimum absolute atomic E-state index is 0.315. The van der Waals surface area contributed by atoms with Gasteiger partial charge >= 0.3 is 0 Å². The summed E-state index contributed by atoms with van der Waals surface area (Å²) in [5.74, 6) is 0.882. The average molecular weight is 208 g/mol. The first-order valence-corrected chi connectivity index (χ1v) is 5.08. The Hall–Kier alpha value is -1.63. The number of aromatic nitrogens is 5. The van der Waals surface area contributed by atoms with E-state index in [1.165, 1.54) is 16.4 Å². The molecule has 0 saturated heterocycles. The maximum atomic E-state index is 5.66. The summed E-state index contributed by atoms with van der Waals surface area (Å²) in [6, 6.07) is 3.53. The van der Waals surface area contributed by atoms with Gasteiger partial charge in [0, 0.05) is 6.20 Å². The Morgan fingerprint density at radius 1 is 1.50 bits per heavy atom. The Kier molecular flexibility index (Phi) is 2.32. The van der Waals surface area contributed by atoms with E-state index < -0.39 is 0 Å². The normalized spacial score (nSPS) is 10.4. The third-order valence-corrected chi connectivity index (χ3v) is 2.11. The zero-order valence-electron chi connectivity index (χ0n) is 7.45. The van der Waals surface area contributed by atoms with Gasteiger partial charge in [0.15, 0.2) is 5.82 Å². The summed E-state index contributed by atoms with van der Waals surface area (Å²) in [6.07, 6.45) is 3.47. The number of nitrogen functional groups attached to an aromatic ring is 1. The van der Waals surface area contributed by atoms with Gasteiger partial charge in [-0.25, -0.2) is 0 Å². The van der Waals surface area contributed by atoms with Crippen molar-refractivity contribution in [1.29, 1.82) is 0 Å². The molecule has 2 heterocycles. The number of nitrogens with zero attached hydrogens (tertiary/aromatic N) is 5. The van der Waals surface area contributed by atoms with Crippen molar-refractivity contribution >= 4 is 17.7 Å². The van der Waals surface area contributed by atoms with Gasteiger partial charge in [-0.1, -0.05) is 11.8 Å². The molecule has 2 N–H and O–H groups in total. The molecule has 0 aliphatic rings. The van der Waals surface area contributed by atoms with Gasteiger partial charge in [-0.15, -0.1) is 10.2 Å². The smallest absolute Gasteiger partial charge is 0.225 e. The summed E-state index contributed by atoms with van der Waals surface area (Å²) in [5.41, 5.74) is 5.66. The first-order valence-electron chi connectivity index (χ1n) is 3.86. The van der Waals surface area contributed by atoms with Crippen LogP contribution in [-0.2, 0) is 0 Å². The van der Waals surface area contributed by atoms with Crippen molar-refractivity contribution in [2.24, 2.45) is 0 Å². The summed E-state index contributed by atoms with van der Waals surface area (Å²) < 4.78 is 1.46. The second kappa shape index (κ2) is 3.62. The Balaban J connectivity index is 2.46. The van der Waals surface area contributed by atoms with Crippen LogP contribution >= 0.6 is 11.8 Å². The zero-order valence-corrected chi connectivity index (χ0v) is 8.27. The number of nitrogens with two attached hydrogens (primary N) is 1. The van der Waals surface area contributed by atoms with Gasteiger partial charge in [-0.2, -0.15) is 14.8 Å². The Morgan fingerprint density at radius 3 is 2.93 bits per heavy atom. The quantitative estimate of drug-likeness (QED) is 0.717. The van der Waals surface area contributed by atoms with E-state index >= 15 is 0 Å². The topological polar surface area (TPSA) is 82.5 Å². The van der Waals surface area contributed by atoms with Crippen molar-refractivity contribution in [2.75, 3.05) is 12.0 Å². The molecule has 0 saturated carbocycles. The van der Waals surface area contributed by atoms with Crippen LogP contribution in [0.3, 0.4) is 0 Å². The number of thioether (sulfide) groups is 1. The van der Waals surface area contributed by atoms with E-state index in [-0.39, 0.29) is 0 Å². The summed E-state index contributed by atoms with van der Waals surface area (Å²) in [7, 11) is 0. The van der Waals surface area contributed by atoms with Crippen LogP contribution in [-0.4, -0.2) is 31.2 Å². The minimum atomic E-state index is 0.315. The molecule has 0 radical (unpaired) electrons. The van der Waals surface area contributed by atoms with Crippen molar-refractivity contribution in [3.8, 4) is 5.82 Å². The molecule has 0 aromatic carbocycles. The first kappa shape index (κ1) is 8.95. The Morgan fingerprint density at radius 2 is 2.36 bits per heavy atom. The SMILES string of the molecule is CSc1nc(N)n(-c2cccnn2)n1. The van der Waals surface area contributed by atoms with E-state index in [0.29, 0.717) is 16.9 Å². The molecule has 0 spiro atoms. The zero-order chi connectivity index (χ0) is 9.97. The van der Waals surface area contributed by atoms with Crippen LogP contribution in [0.5, 0.6) is 0 Å². The molecule has 7 heteroatoms. The molecule has 6 nitrogen and oxygen atoms in total. The summed E-state index contributed by atoms with van der Waals surface area (Å²) >= 11 is 1.43. The predicted octanol–water partition coefficient (Wildman–Crippen LogP) is 0.361. The lowest BCUT2D eigenvalue weighted by Gasteiger charge is -1.97. The third-order valence-electron chi connectivity index (χ3n) is 1.57. The molecule has 72 valence electrons. The van der Waals surface area contributed by atoms with E-state index in [9.17, 15) is 0 Å². The lowest BCUT2D eigenvalue weighted by Crippen LogP contribution is -2.04. The van der Waals surface area contributed by atoms with Crippen LogP contribution in [0.2, 0.25) is 0 Å². The highest BCUT2D eigenvalue weighted by Crippen LogP contribution is 2.13. The standard InChI is InChI=1S/C7H8N6S/c1-14-7-10-6(8)13(12-7)5-3-2-4-9-11-5/h2-4H,1H3,(H2,8,10,12). The van der Waals surface area contributed by atoms with Gasteiger partial charge in [-0.3, -0.25) is 0 Å². The lowest BCUT2D eigenvalue weighted by atomic mass is 10.5. The second-order valence-corrected chi connectivity index (χ2v) is 3.22. The maximum absolute atomic E-state index is 5.66. The minimum Gasteiger partial charge on any atom is -0.368 e. The number of rotatable bonds is 2. The van der Waals surface area contributed by atoms with Gasteiger partial charge in [0.1, 0.15) is 0 Å². The highest BCUT2D eigenvalue weighted by atomic mass is 32.2. The maximum Gasteiger partial charge on any atom is 0.225 e. The van der Waals surface area contributed by atoms with Crippen molar-refractivity contribution < 1.29 is 0 Å². The summed E-state index contributed by atoms with van der Waals surface area (Å²) in [6.45, 7) is 0. The van der Waals surface area contributed by atoms with Gasteiger partial charge in [0.25, 0.3) is 0 Å². The summed E-state index contributed by atoms with van der Waals surface area (Å²) in [5, 5.41) is 12.4. The largest absolute Gasteiger partial charge is 0.368 e.